The SMILES string of the molecule is CCCCN(C)C(=O)c1cn(C2CCCC2)c(=O)c2c1c1ccccc1n2C. The number of fused-ring (bicyclic) bond motifs is 3. The number of unbranched alkanes of at least 4 members (excludes halogenated alkanes) is 1. The summed E-state index contributed by atoms with van der Waals surface area (Å²) in [4.78, 5) is 28.6. The van der Waals surface area contributed by atoms with Gasteiger partial charge in [-0.05, 0) is 25.3 Å². The lowest BCUT2D eigenvalue weighted by Crippen LogP contribution is -2.31. The fourth-order valence-corrected chi connectivity index (χ4v) is 4.62. The van der Waals surface area contributed by atoms with Gasteiger partial charge in [0, 0.05) is 49.2 Å². The van der Waals surface area contributed by atoms with Crippen LogP contribution < -0.4 is 5.56 Å². The monoisotopic (exact) mass is 379 g/mol. The summed E-state index contributed by atoms with van der Waals surface area (Å²) in [5.41, 5.74) is 2.30. The number of pyridine rings is 1. The van der Waals surface area contributed by atoms with Crippen LogP contribution >= 0.6 is 0 Å². The Morgan fingerprint density at radius 1 is 1.21 bits per heavy atom. The number of hydrogen-bond donors (Lipinski definition) is 0. The average Bonchev–Trinajstić information content (AvgIpc) is 3.34. The smallest absolute Gasteiger partial charge is 0.275 e. The minimum atomic E-state index is 0.00144. The molecule has 0 atom stereocenters. The molecule has 3 aromatic rings. The van der Waals surface area contributed by atoms with Crippen molar-refractivity contribution in [3.63, 3.8) is 0 Å². The molecule has 1 saturated carbocycles. The van der Waals surface area contributed by atoms with Crippen molar-refractivity contribution in [2.75, 3.05) is 13.6 Å². The lowest BCUT2D eigenvalue weighted by molar-refractivity contribution is 0.0794. The zero-order chi connectivity index (χ0) is 19.8. The van der Waals surface area contributed by atoms with Gasteiger partial charge in [-0.25, -0.2) is 0 Å². The van der Waals surface area contributed by atoms with E-state index in [9.17, 15) is 9.59 Å². The van der Waals surface area contributed by atoms with Crippen LogP contribution in [-0.4, -0.2) is 33.5 Å². The van der Waals surface area contributed by atoms with Crippen molar-refractivity contribution in [1.82, 2.24) is 14.0 Å². The fraction of sp³-hybridized carbons (Fsp3) is 0.478. The van der Waals surface area contributed by atoms with Gasteiger partial charge in [-0.1, -0.05) is 44.4 Å². The number of hydrogen-bond acceptors (Lipinski definition) is 2. The molecule has 5 heteroatoms. The summed E-state index contributed by atoms with van der Waals surface area (Å²) in [6, 6.07) is 8.18. The van der Waals surface area contributed by atoms with E-state index in [0.717, 1.165) is 61.4 Å². The summed E-state index contributed by atoms with van der Waals surface area (Å²) >= 11 is 0. The number of benzene rings is 1. The van der Waals surface area contributed by atoms with E-state index in [2.05, 4.69) is 6.92 Å². The van der Waals surface area contributed by atoms with Crippen LogP contribution in [0.2, 0.25) is 0 Å². The number of aromatic nitrogens is 2. The van der Waals surface area contributed by atoms with Crippen LogP contribution in [0.1, 0.15) is 61.8 Å². The maximum Gasteiger partial charge on any atom is 0.275 e. The van der Waals surface area contributed by atoms with Crippen molar-refractivity contribution < 1.29 is 4.79 Å². The van der Waals surface area contributed by atoms with Gasteiger partial charge in [-0.2, -0.15) is 0 Å². The van der Waals surface area contributed by atoms with E-state index >= 15 is 0 Å². The number of nitrogens with zero attached hydrogens (tertiary/aromatic N) is 3. The number of carbonyl (C=O) groups excluding carboxylic acids is 1. The first kappa shape index (κ1) is 18.8. The zero-order valence-corrected chi connectivity index (χ0v) is 17.1. The maximum atomic E-state index is 13.4. The van der Waals surface area contributed by atoms with Crippen LogP contribution in [0, 0.1) is 0 Å². The Bertz CT molecular complexity index is 1090. The summed E-state index contributed by atoms with van der Waals surface area (Å²) in [6.07, 6.45) is 8.17. The molecule has 2 heterocycles. The van der Waals surface area contributed by atoms with Crippen molar-refractivity contribution in [3.8, 4) is 0 Å². The summed E-state index contributed by atoms with van der Waals surface area (Å²) in [7, 11) is 3.79. The minimum absolute atomic E-state index is 0.00144. The maximum absolute atomic E-state index is 13.4. The standard InChI is InChI=1S/C23H29N3O2/c1-4-5-14-24(2)22(27)18-15-26(16-10-6-7-11-16)23(28)21-20(18)17-12-8-9-13-19(17)25(21)3/h8-9,12-13,15-16H,4-7,10-11,14H2,1-3H3. The zero-order valence-electron chi connectivity index (χ0n) is 17.1. The van der Waals surface area contributed by atoms with E-state index in [4.69, 9.17) is 0 Å². The van der Waals surface area contributed by atoms with Gasteiger partial charge in [0.25, 0.3) is 11.5 Å². The summed E-state index contributed by atoms with van der Waals surface area (Å²) in [6.45, 7) is 2.85. The lowest BCUT2D eigenvalue weighted by atomic mass is 10.1. The van der Waals surface area contributed by atoms with Gasteiger partial charge in [-0.15, -0.1) is 0 Å². The first-order chi connectivity index (χ1) is 13.5. The molecule has 0 bridgehead atoms. The molecular weight excluding hydrogens is 350 g/mol. The van der Waals surface area contributed by atoms with Crippen LogP contribution in [0.5, 0.6) is 0 Å². The van der Waals surface area contributed by atoms with Gasteiger partial charge < -0.3 is 14.0 Å². The molecule has 0 aliphatic heterocycles. The van der Waals surface area contributed by atoms with E-state index in [1.54, 1.807) is 4.90 Å². The van der Waals surface area contributed by atoms with Gasteiger partial charge in [0.1, 0.15) is 5.52 Å². The average molecular weight is 380 g/mol. The Morgan fingerprint density at radius 2 is 1.93 bits per heavy atom. The molecule has 1 amide bonds. The fourth-order valence-electron chi connectivity index (χ4n) is 4.62. The largest absolute Gasteiger partial charge is 0.342 e. The number of para-hydroxylation sites is 1. The molecule has 28 heavy (non-hydrogen) atoms. The molecule has 0 N–H and O–H groups in total. The highest BCUT2D eigenvalue weighted by Gasteiger charge is 2.26. The van der Waals surface area contributed by atoms with Gasteiger partial charge in [0.2, 0.25) is 0 Å². The van der Waals surface area contributed by atoms with Gasteiger partial charge in [-0.3, -0.25) is 9.59 Å². The van der Waals surface area contributed by atoms with Gasteiger partial charge in [0.05, 0.1) is 5.56 Å². The molecule has 5 nitrogen and oxygen atoms in total. The quantitative estimate of drug-likeness (QED) is 0.656. The van der Waals surface area contributed by atoms with Crippen LogP contribution in [0.15, 0.2) is 35.3 Å². The van der Waals surface area contributed by atoms with Crippen molar-refractivity contribution in [2.45, 2.75) is 51.5 Å². The van der Waals surface area contributed by atoms with E-state index in [1.165, 1.54) is 0 Å². The first-order valence-electron chi connectivity index (χ1n) is 10.4. The highest BCUT2D eigenvalue weighted by molar-refractivity contribution is 6.17. The molecule has 1 aliphatic carbocycles. The summed E-state index contributed by atoms with van der Waals surface area (Å²) in [5.74, 6) is 0.00144. The first-order valence-corrected chi connectivity index (χ1v) is 10.4. The summed E-state index contributed by atoms with van der Waals surface area (Å²) < 4.78 is 3.80. The highest BCUT2D eigenvalue weighted by Crippen LogP contribution is 2.33. The van der Waals surface area contributed by atoms with E-state index in [0.29, 0.717) is 11.1 Å². The third kappa shape index (κ3) is 2.93. The Labute approximate surface area is 165 Å². The molecule has 0 spiro atoms. The molecule has 148 valence electrons. The predicted octanol–water partition coefficient (Wildman–Crippen LogP) is 4.48. The topological polar surface area (TPSA) is 47.2 Å². The van der Waals surface area contributed by atoms with E-state index in [1.807, 2.05) is 53.7 Å². The molecule has 4 rings (SSSR count). The van der Waals surface area contributed by atoms with E-state index in [-0.39, 0.29) is 17.5 Å². The molecule has 1 fully saturated rings. The highest BCUT2D eigenvalue weighted by atomic mass is 16.2. The Kier molecular flexibility index (Phi) is 5.00. The number of amides is 1. The van der Waals surface area contributed by atoms with Gasteiger partial charge in [0.15, 0.2) is 0 Å². The molecular formula is C23H29N3O2. The lowest BCUT2D eigenvalue weighted by Gasteiger charge is -2.20. The molecule has 1 aromatic carbocycles. The van der Waals surface area contributed by atoms with Gasteiger partial charge >= 0.3 is 0 Å². The van der Waals surface area contributed by atoms with Crippen molar-refractivity contribution >= 4 is 27.7 Å². The number of carbonyl (C=O) groups is 1. The number of rotatable bonds is 5. The van der Waals surface area contributed by atoms with Crippen LogP contribution in [0.25, 0.3) is 21.8 Å². The van der Waals surface area contributed by atoms with Crippen LogP contribution in [0.3, 0.4) is 0 Å². The molecule has 1 aliphatic rings. The second-order valence-electron chi connectivity index (χ2n) is 8.07. The van der Waals surface area contributed by atoms with Crippen molar-refractivity contribution in [2.24, 2.45) is 7.05 Å². The second kappa shape index (κ2) is 7.46. The normalized spacial score (nSPS) is 15.0. The molecule has 0 unspecified atom stereocenters. The molecule has 0 saturated heterocycles. The minimum Gasteiger partial charge on any atom is -0.342 e. The van der Waals surface area contributed by atoms with Crippen molar-refractivity contribution in [3.05, 3.63) is 46.4 Å². The second-order valence-corrected chi connectivity index (χ2v) is 8.07. The summed E-state index contributed by atoms with van der Waals surface area (Å²) in [5, 5.41) is 1.77. The Balaban J connectivity index is 2.01. The van der Waals surface area contributed by atoms with Crippen LogP contribution in [0.4, 0.5) is 0 Å². The Hall–Kier alpha value is -2.56. The number of aryl methyl sites for hydroxylation is 1. The van der Waals surface area contributed by atoms with Crippen molar-refractivity contribution in [1.29, 1.82) is 0 Å². The third-order valence-corrected chi connectivity index (χ3v) is 6.22. The predicted molar refractivity (Wildman–Crippen MR) is 114 cm³/mol. The Morgan fingerprint density at radius 3 is 2.64 bits per heavy atom. The van der Waals surface area contributed by atoms with E-state index < -0.39 is 0 Å². The third-order valence-electron chi connectivity index (χ3n) is 6.22. The molecule has 0 radical (unpaired) electrons. The van der Waals surface area contributed by atoms with Crippen LogP contribution in [-0.2, 0) is 7.05 Å². The molecule has 2 aromatic heterocycles.